The summed E-state index contributed by atoms with van der Waals surface area (Å²) in [5, 5.41) is 0. The second kappa shape index (κ2) is 5.85. The van der Waals surface area contributed by atoms with Crippen LogP contribution in [0, 0.1) is 6.92 Å². The van der Waals surface area contributed by atoms with Crippen molar-refractivity contribution >= 4 is 0 Å². The molecule has 2 heteroatoms. The summed E-state index contributed by atoms with van der Waals surface area (Å²) in [4.78, 5) is 2.59. The summed E-state index contributed by atoms with van der Waals surface area (Å²) >= 11 is 0. The Morgan fingerprint density at radius 2 is 2.00 bits per heavy atom. The predicted octanol–water partition coefficient (Wildman–Crippen LogP) is 3.09. The smallest absolute Gasteiger partial charge is 0.0335 e. The fourth-order valence-corrected chi connectivity index (χ4v) is 3.33. The molecule has 1 saturated carbocycles. The first-order valence-corrected chi connectivity index (χ1v) is 7.21. The lowest BCUT2D eigenvalue weighted by Crippen LogP contribution is -2.51. The van der Waals surface area contributed by atoms with Crippen LogP contribution in [0.5, 0.6) is 0 Å². The molecule has 0 radical (unpaired) electrons. The molecular weight excluding hydrogens is 220 g/mol. The number of nitrogens with zero attached hydrogens (tertiary/aromatic N) is 1. The molecule has 0 aliphatic heterocycles. The third-order valence-corrected chi connectivity index (χ3v) is 4.42. The zero-order chi connectivity index (χ0) is 13.0. The van der Waals surface area contributed by atoms with Crippen molar-refractivity contribution in [3.05, 3.63) is 35.4 Å². The average Bonchev–Trinajstić information content (AvgIpc) is 2.86. The predicted molar refractivity (Wildman–Crippen MR) is 77.5 cm³/mol. The van der Waals surface area contributed by atoms with Gasteiger partial charge in [-0.3, -0.25) is 4.90 Å². The first-order valence-electron chi connectivity index (χ1n) is 7.21. The maximum Gasteiger partial charge on any atom is 0.0335 e. The minimum absolute atomic E-state index is 0.262. The Kier molecular flexibility index (Phi) is 4.41. The molecule has 1 fully saturated rings. The molecule has 0 atom stereocenters. The van der Waals surface area contributed by atoms with E-state index in [9.17, 15) is 0 Å². The molecule has 2 N–H and O–H groups in total. The van der Waals surface area contributed by atoms with Crippen molar-refractivity contribution in [2.24, 2.45) is 5.73 Å². The fourth-order valence-electron chi connectivity index (χ4n) is 3.33. The van der Waals surface area contributed by atoms with Gasteiger partial charge in [-0.25, -0.2) is 0 Å². The van der Waals surface area contributed by atoms with Crippen LogP contribution in [0.3, 0.4) is 0 Å². The number of likely N-dealkylation sites (N-methyl/N-ethyl adjacent to an activating group) is 1. The molecule has 2 nitrogen and oxygen atoms in total. The minimum atomic E-state index is 0.262. The maximum atomic E-state index is 6.09. The van der Waals surface area contributed by atoms with Gasteiger partial charge >= 0.3 is 0 Å². The molecule has 0 unspecified atom stereocenters. The molecule has 18 heavy (non-hydrogen) atoms. The molecule has 0 amide bonds. The van der Waals surface area contributed by atoms with E-state index in [-0.39, 0.29) is 5.54 Å². The van der Waals surface area contributed by atoms with E-state index in [0.29, 0.717) is 0 Å². The first-order chi connectivity index (χ1) is 8.70. The normalized spacial score (nSPS) is 18.4. The Labute approximate surface area is 111 Å². The van der Waals surface area contributed by atoms with E-state index in [2.05, 4.69) is 43.0 Å². The maximum absolute atomic E-state index is 6.09. The van der Waals surface area contributed by atoms with Gasteiger partial charge in [0.1, 0.15) is 0 Å². The molecule has 100 valence electrons. The highest BCUT2D eigenvalue weighted by atomic mass is 15.2. The third-order valence-electron chi connectivity index (χ3n) is 4.42. The van der Waals surface area contributed by atoms with Crippen molar-refractivity contribution in [2.45, 2.75) is 51.6 Å². The average molecular weight is 246 g/mol. The molecular formula is C16H26N2. The SMILES string of the molecule is CCN(Cc1cccc(C)c1)C1(CN)CCCC1. The van der Waals surface area contributed by atoms with Crippen LogP contribution in [0.25, 0.3) is 0 Å². The molecule has 1 aromatic carbocycles. The van der Waals surface area contributed by atoms with Gasteiger partial charge in [0, 0.05) is 18.6 Å². The van der Waals surface area contributed by atoms with Crippen LogP contribution >= 0.6 is 0 Å². The molecule has 0 saturated heterocycles. The third kappa shape index (κ3) is 2.76. The van der Waals surface area contributed by atoms with Crippen LogP contribution in [0.15, 0.2) is 24.3 Å². The van der Waals surface area contributed by atoms with Crippen molar-refractivity contribution in [1.82, 2.24) is 4.90 Å². The quantitative estimate of drug-likeness (QED) is 0.865. The van der Waals surface area contributed by atoms with Crippen LogP contribution < -0.4 is 5.73 Å². The van der Waals surface area contributed by atoms with Gasteiger partial charge in [-0.2, -0.15) is 0 Å². The monoisotopic (exact) mass is 246 g/mol. The second-order valence-corrected chi connectivity index (χ2v) is 5.64. The van der Waals surface area contributed by atoms with Crippen LogP contribution in [-0.4, -0.2) is 23.5 Å². The van der Waals surface area contributed by atoms with Gasteiger partial charge in [-0.05, 0) is 31.9 Å². The van der Waals surface area contributed by atoms with Gasteiger partial charge in [-0.15, -0.1) is 0 Å². The molecule has 2 rings (SSSR count). The van der Waals surface area contributed by atoms with Gasteiger partial charge < -0.3 is 5.73 Å². The van der Waals surface area contributed by atoms with E-state index in [0.717, 1.165) is 19.6 Å². The molecule has 1 aliphatic rings. The Bertz CT molecular complexity index is 380. The summed E-state index contributed by atoms with van der Waals surface area (Å²) in [5.74, 6) is 0. The van der Waals surface area contributed by atoms with Crippen LogP contribution in [-0.2, 0) is 6.54 Å². The first kappa shape index (κ1) is 13.6. The zero-order valence-corrected chi connectivity index (χ0v) is 11.8. The van der Waals surface area contributed by atoms with Gasteiger partial charge in [0.05, 0.1) is 0 Å². The number of hydrogen-bond acceptors (Lipinski definition) is 2. The zero-order valence-electron chi connectivity index (χ0n) is 11.8. The lowest BCUT2D eigenvalue weighted by atomic mass is 9.94. The summed E-state index contributed by atoms with van der Waals surface area (Å²) < 4.78 is 0. The van der Waals surface area contributed by atoms with E-state index in [4.69, 9.17) is 5.73 Å². The minimum Gasteiger partial charge on any atom is -0.329 e. The molecule has 0 bridgehead atoms. The van der Waals surface area contributed by atoms with Crippen molar-refractivity contribution < 1.29 is 0 Å². The van der Waals surface area contributed by atoms with Crippen molar-refractivity contribution in [3.63, 3.8) is 0 Å². The molecule has 1 aromatic rings. The standard InChI is InChI=1S/C16H26N2/c1-3-18(16(13-17)9-4-5-10-16)12-15-8-6-7-14(2)11-15/h6-8,11H,3-5,9-10,12-13,17H2,1-2H3. The summed E-state index contributed by atoms with van der Waals surface area (Å²) in [6, 6.07) is 8.84. The topological polar surface area (TPSA) is 29.3 Å². The highest BCUT2D eigenvalue weighted by Gasteiger charge is 2.37. The molecule has 0 aromatic heterocycles. The number of hydrogen-bond donors (Lipinski definition) is 1. The van der Waals surface area contributed by atoms with Crippen molar-refractivity contribution in [2.75, 3.05) is 13.1 Å². The van der Waals surface area contributed by atoms with E-state index >= 15 is 0 Å². The van der Waals surface area contributed by atoms with Gasteiger partial charge in [0.25, 0.3) is 0 Å². The van der Waals surface area contributed by atoms with Gasteiger partial charge in [0.2, 0.25) is 0 Å². The Hall–Kier alpha value is -0.860. The van der Waals surface area contributed by atoms with Crippen LogP contribution in [0.1, 0.15) is 43.7 Å². The van der Waals surface area contributed by atoms with E-state index in [1.165, 1.54) is 36.8 Å². The fraction of sp³-hybridized carbons (Fsp3) is 0.625. The summed E-state index contributed by atoms with van der Waals surface area (Å²) in [6.45, 7) is 7.34. The van der Waals surface area contributed by atoms with E-state index in [1.54, 1.807) is 0 Å². The van der Waals surface area contributed by atoms with Gasteiger partial charge in [-0.1, -0.05) is 49.6 Å². The van der Waals surface area contributed by atoms with Crippen molar-refractivity contribution in [1.29, 1.82) is 0 Å². The second-order valence-electron chi connectivity index (χ2n) is 5.64. The Morgan fingerprint density at radius 3 is 2.56 bits per heavy atom. The number of aryl methyl sites for hydroxylation is 1. The largest absolute Gasteiger partial charge is 0.329 e. The van der Waals surface area contributed by atoms with Crippen LogP contribution in [0.4, 0.5) is 0 Å². The summed E-state index contributed by atoms with van der Waals surface area (Å²) in [7, 11) is 0. The number of rotatable bonds is 5. The Morgan fingerprint density at radius 1 is 1.28 bits per heavy atom. The van der Waals surface area contributed by atoms with E-state index < -0.39 is 0 Å². The molecule has 1 aliphatic carbocycles. The summed E-state index contributed by atoms with van der Waals surface area (Å²) in [5.41, 5.74) is 9.11. The lowest BCUT2D eigenvalue weighted by Gasteiger charge is -2.40. The summed E-state index contributed by atoms with van der Waals surface area (Å²) in [6.07, 6.45) is 5.20. The number of benzene rings is 1. The highest BCUT2D eigenvalue weighted by Crippen LogP contribution is 2.35. The highest BCUT2D eigenvalue weighted by molar-refractivity contribution is 5.22. The Balaban J connectivity index is 2.13. The van der Waals surface area contributed by atoms with Crippen LogP contribution in [0.2, 0.25) is 0 Å². The molecule has 0 spiro atoms. The lowest BCUT2D eigenvalue weighted by molar-refractivity contribution is 0.0971. The van der Waals surface area contributed by atoms with Gasteiger partial charge in [0.15, 0.2) is 0 Å². The molecule has 0 heterocycles. The van der Waals surface area contributed by atoms with E-state index in [1.807, 2.05) is 0 Å². The van der Waals surface area contributed by atoms with Crippen molar-refractivity contribution in [3.8, 4) is 0 Å². The number of nitrogens with two attached hydrogens (primary N) is 1.